The summed E-state index contributed by atoms with van der Waals surface area (Å²) in [5, 5.41) is 0. The van der Waals surface area contributed by atoms with Crippen molar-refractivity contribution in [3.8, 4) is 0 Å². The van der Waals surface area contributed by atoms with Gasteiger partial charge in [0.05, 0.1) is 6.10 Å². The molecule has 0 N–H and O–H groups in total. The van der Waals surface area contributed by atoms with Crippen LogP contribution in [0.25, 0.3) is 0 Å². The molecule has 0 aliphatic carbocycles. The lowest BCUT2D eigenvalue weighted by Crippen LogP contribution is -2.42. The Morgan fingerprint density at radius 1 is 0.778 bits per heavy atom. The predicted molar refractivity (Wildman–Crippen MR) is 114 cm³/mol. The lowest BCUT2D eigenvalue weighted by atomic mass is 10.0. The quantitative estimate of drug-likeness (QED) is 0.523. The van der Waals surface area contributed by atoms with Gasteiger partial charge in [-0.3, -0.25) is 4.90 Å². The van der Waals surface area contributed by atoms with Gasteiger partial charge < -0.3 is 4.74 Å². The fraction of sp³-hybridized carbons (Fsp3) is 0.520. The first-order chi connectivity index (χ1) is 13.3. The molecule has 0 aromatic heterocycles. The Morgan fingerprint density at radius 2 is 1.30 bits per heavy atom. The van der Waals surface area contributed by atoms with Crippen LogP contribution in [0.3, 0.4) is 0 Å². The number of piperidine rings is 1. The van der Waals surface area contributed by atoms with Crippen LogP contribution in [0.2, 0.25) is 0 Å². The predicted octanol–water partition coefficient (Wildman–Crippen LogP) is 5.86. The van der Waals surface area contributed by atoms with Crippen molar-refractivity contribution in [3.63, 3.8) is 0 Å². The van der Waals surface area contributed by atoms with Gasteiger partial charge in [0.1, 0.15) is 6.23 Å². The summed E-state index contributed by atoms with van der Waals surface area (Å²) in [5.41, 5.74) is 2.83. The van der Waals surface area contributed by atoms with Crippen LogP contribution >= 0.6 is 0 Å². The van der Waals surface area contributed by atoms with Crippen LogP contribution in [0, 0.1) is 0 Å². The van der Waals surface area contributed by atoms with Gasteiger partial charge in [-0.1, -0.05) is 74.0 Å². The van der Waals surface area contributed by atoms with Gasteiger partial charge in [-0.2, -0.15) is 0 Å². The lowest BCUT2D eigenvalue weighted by Gasteiger charge is -2.36. The van der Waals surface area contributed by atoms with Gasteiger partial charge in [-0.25, -0.2) is 0 Å². The maximum absolute atomic E-state index is 6.71. The Balaban J connectivity index is 1.59. The molecule has 0 amide bonds. The van der Waals surface area contributed by atoms with E-state index in [-0.39, 0.29) is 6.23 Å². The van der Waals surface area contributed by atoms with Crippen LogP contribution in [0.1, 0.15) is 56.6 Å². The maximum Gasteiger partial charge on any atom is 0.110 e. The molecule has 1 atom stereocenters. The Bertz CT molecular complexity index is 578. The van der Waals surface area contributed by atoms with Crippen molar-refractivity contribution >= 4 is 0 Å². The zero-order chi connectivity index (χ0) is 18.7. The second-order valence-electron chi connectivity index (χ2n) is 7.77. The number of benzene rings is 2. The third-order valence-electron chi connectivity index (χ3n) is 5.69. The van der Waals surface area contributed by atoms with E-state index in [1.54, 1.807) is 0 Å². The second-order valence-corrected chi connectivity index (χ2v) is 7.77. The second kappa shape index (κ2) is 11.3. The van der Waals surface area contributed by atoms with E-state index in [4.69, 9.17) is 4.74 Å². The van der Waals surface area contributed by atoms with E-state index in [2.05, 4.69) is 72.5 Å². The molecule has 1 saturated heterocycles. The molecule has 1 heterocycles. The molecule has 1 aliphatic heterocycles. The third kappa shape index (κ3) is 6.79. The maximum atomic E-state index is 6.71. The molecule has 2 aromatic rings. The lowest BCUT2D eigenvalue weighted by molar-refractivity contribution is -0.110. The molecule has 27 heavy (non-hydrogen) atoms. The van der Waals surface area contributed by atoms with Crippen LogP contribution in [0.15, 0.2) is 60.7 Å². The molecule has 1 unspecified atom stereocenters. The monoisotopic (exact) mass is 365 g/mol. The summed E-state index contributed by atoms with van der Waals surface area (Å²) < 4.78 is 6.71. The third-order valence-corrected chi connectivity index (χ3v) is 5.69. The van der Waals surface area contributed by atoms with Gasteiger partial charge in [0.2, 0.25) is 0 Å². The largest absolute Gasteiger partial charge is 0.360 e. The minimum atomic E-state index is 0.279. The molecule has 146 valence electrons. The molecule has 2 heteroatoms. The molecule has 2 aromatic carbocycles. The van der Waals surface area contributed by atoms with Crippen molar-refractivity contribution in [3.05, 3.63) is 71.8 Å². The zero-order valence-corrected chi connectivity index (χ0v) is 16.9. The van der Waals surface area contributed by atoms with E-state index in [1.807, 2.05) is 0 Å². The van der Waals surface area contributed by atoms with Crippen molar-refractivity contribution in [2.24, 2.45) is 0 Å². The summed E-state index contributed by atoms with van der Waals surface area (Å²) in [7, 11) is 0. The van der Waals surface area contributed by atoms with Gasteiger partial charge in [-0.15, -0.1) is 0 Å². The summed E-state index contributed by atoms with van der Waals surface area (Å²) >= 11 is 0. The summed E-state index contributed by atoms with van der Waals surface area (Å²) in [6.45, 7) is 4.66. The number of rotatable bonds is 10. The molecule has 0 bridgehead atoms. The minimum absolute atomic E-state index is 0.279. The first-order valence-corrected chi connectivity index (χ1v) is 10.8. The molecular formula is C25H35NO. The SMILES string of the molecule is CCC(OC(CCc1ccccc1)CCc1ccccc1)N1CCCCC1. The summed E-state index contributed by atoms with van der Waals surface area (Å²) in [5.74, 6) is 0. The van der Waals surface area contributed by atoms with Crippen molar-refractivity contribution in [2.75, 3.05) is 13.1 Å². The highest BCUT2D eigenvalue weighted by Crippen LogP contribution is 2.21. The van der Waals surface area contributed by atoms with Crippen molar-refractivity contribution in [2.45, 2.75) is 70.6 Å². The van der Waals surface area contributed by atoms with E-state index in [0.29, 0.717) is 6.10 Å². The van der Waals surface area contributed by atoms with Crippen molar-refractivity contribution in [1.82, 2.24) is 4.90 Å². The summed E-state index contributed by atoms with van der Waals surface area (Å²) in [4.78, 5) is 2.57. The highest BCUT2D eigenvalue weighted by molar-refractivity contribution is 5.16. The highest BCUT2D eigenvalue weighted by atomic mass is 16.5. The number of aryl methyl sites for hydroxylation is 2. The number of hydrogen-bond donors (Lipinski definition) is 0. The first kappa shape index (κ1) is 20.1. The van der Waals surface area contributed by atoms with Gasteiger partial charge in [0.15, 0.2) is 0 Å². The minimum Gasteiger partial charge on any atom is -0.360 e. The van der Waals surface area contributed by atoms with Gasteiger partial charge in [0, 0.05) is 13.1 Å². The molecule has 3 rings (SSSR count). The normalized spacial score (nSPS) is 16.5. The van der Waals surface area contributed by atoms with E-state index in [1.165, 1.54) is 43.5 Å². The van der Waals surface area contributed by atoms with Crippen molar-refractivity contribution in [1.29, 1.82) is 0 Å². The standard InChI is InChI=1S/C25H35NO/c1-2-25(26-20-10-5-11-21-26)27-24(18-16-22-12-6-3-7-13-22)19-17-23-14-8-4-9-15-23/h3-4,6-9,12-15,24-25H,2,5,10-11,16-21H2,1H3. The number of nitrogens with zero attached hydrogens (tertiary/aromatic N) is 1. The molecule has 1 fully saturated rings. The van der Waals surface area contributed by atoms with E-state index < -0.39 is 0 Å². The van der Waals surface area contributed by atoms with Crippen LogP contribution in [-0.2, 0) is 17.6 Å². The Morgan fingerprint density at radius 3 is 1.78 bits per heavy atom. The molecule has 0 saturated carbocycles. The van der Waals surface area contributed by atoms with Crippen LogP contribution < -0.4 is 0 Å². The smallest absolute Gasteiger partial charge is 0.110 e. The summed E-state index contributed by atoms with van der Waals surface area (Å²) in [6.07, 6.45) is 10.1. The molecular weight excluding hydrogens is 330 g/mol. The van der Waals surface area contributed by atoms with Gasteiger partial charge in [0.25, 0.3) is 0 Å². The number of hydrogen-bond acceptors (Lipinski definition) is 2. The molecule has 0 spiro atoms. The molecule has 2 nitrogen and oxygen atoms in total. The topological polar surface area (TPSA) is 12.5 Å². The average Bonchev–Trinajstić information content (AvgIpc) is 2.75. The average molecular weight is 366 g/mol. The molecule has 0 radical (unpaired) electrons. The fourth-order valence-corrected chi connectivity index (χ4v) is 4.09. The van der Waals surface area contributed by atoms with E-state index in [9.17, 15) is 0 Å². The van der Waals surface area contributed by atoms with Crippen LogP contribution in [0.5, 0.6) is 0 Å². The van der Waals surface area contributed by atoms with E-state index in [0.717, 1.165) is 32.1 Å². The Kier molecular flexibility index (Phi) is 8.38. The van der Waals surface area contributed by atoms with Crippen LogP contribution in [-0.4, -0.2) is 30.3 Å². The van der Waals surface area contributed by atoms with Crippen LogP contribution in [0.4, 0.5) is 0 Å². The van der Waals surface area contributed by atoms with E-state index >= 15 is 0 Å². The first-order valence-electron chi connectivity index (χ1n) is 10.8. The Labute approximate surface area is 165 Å². The van der Waals surface area contributed by atoms with Gasteiger partial charge >= 0.3 is 0 Å². The number of likely N-dealkylation sites (tertiary alicyclic amines) is 1. The fourth-order valence-electron chi connectivity index (χ4n) is 4.09. The van der Waals surface area contributed by atoms with Gasteiger partial charge in [-0.05, 0) is 56.1 Å². The summed E-state index contributed by atoms with van der Waals surface area (Å²) in [6, 6.07) is 21.7. The highest BCUT2D eigenvalue weighted by Gasteiger charge is 2.23. The zero-order valence-electron chi connectivity index (χ0n) is 16.9. The molecule has 1 aliphatic rings. The number of ether oxygens (including phenoxy) is 1. The Hall–Kier alpha value is -1.64. The van der Waals surface area contributed by atoms with Crippen molar-refractivity contribution < 1.29 is 4.74 Å².